The van der Waals surface area contributed by atoms with E-state index in [0.717, 1.165) is 120 Å². The Balaban J connectivity index is 5.26. The Kier molecular flexibility index (Phi) is 66.8. The standard InChI is InChI=1S/C79H154O17P2/c1-9-71(7)57-49-41-33-27-23-24-30-36-46-54-62-79(84)96-75(66-90-77(82)60-52-44-38-37-42-50-58-72(8)10-2)68-94-98(87,88)92-64-73(80)63-91-97(85,86)93-67-74(95-78(83)61-53-45-35-29-22-18-14-12-16-20-26-32-40-48-56-70(5)6)65-89-76(81)59-51-43-34-28-21-17-13-11-15-19-25-31-39-47-55-69(3)4/h69-75,80H,9-68H2,1-8H3,(H,85,86)(H,87,88)/t71?,72?,73-,74-,75-/m1/s1. The van der Waals surface area contributed by atoms with Gasteiger partial charge in [-0.25, -0.2) is 9.13 Å². The minimum Gasteiger partial charge on any atom is -0.462 e. The van der Waals surface area contributed by atoms with Crippen LogP contribution in [-0.4, -0.2) is 96.7 Å². The van der Waals surface area contributed by atoms with Gasteiger partial charge in [0, 0.05) is 25.7 Å². The van der Waals surface area contributed by atoms with Crippen LogP contribution in [0, 0.1) is 23.7 Å². The van der Waals surface area contributed by atoms with Gasteiger partial charge in [0.15, 0.2) is 12.2 Å². The highest BCUT2D eigenvalue weighted by Crippen LogP contribution is 2.45. The van der Waals surface area contributed by atoms with Crippen LogP contribution >= 0.6 is 15.6 Å². The van der Waals surface area contributed by atoms with E-state index in [1.807, 2.05) is 0 Å². The first-order valence-electron chi connectivity index (χ1n) is 40.8. The number of rotatable bonds is 76. The maximum Gasteiger partial charge on any atom is 0.472 e. The number of hydrogen-bond acceptors (Lipinski definition) is 15. The van der Waals surface area contributed by atoms with Crippen LogP contribution in [0.3, 0.4) is 0 Å². The van der Waals surface area contributed by atoms with Gasteiger partial charge in [0.05, 0.1) is 26.4 Å². The number of phosphoric acid groups is 2. The van der Waals surface area contributed by atoms with Crippen molar-refractivity contribution in [1.82, 2.24) is 0 Å². The van der Waals surface area contributed by atoms with E-state index in [1.165, 1.54) is 199 Å². The molecule has 0 heterocycles. The highest BCUT2D eigenvalue weighted by Gasteiger charge is 2.30. The van der Waals surface area contributed by atoms with Crippen LogP contribution in [-0.2, 0) is 65.4 Å². The fourth-order valence-electron chi connectivity index (χ4n) is 12.0. The molecule has 0 aliphatic heterocycles. The van der Waals surface area contributed by atoms with Gasteiger partial charge < -0.3 is 33.8 Å². The summed E-state index contributed by atoms with van der Waals surface area (Å²) in [7, 11) is -9.92. The molecule has 0 spiro atoms. The number of ether oxygens (including phenoxy) is 4. The number of esters is 4. The fraction of sp³-hybridized carbons (Fsp3) is 0.949. The Hall–Kier alpha value is -1.94. The summed E-state index contributed by atoms with van der Waals surface area (Å²) in [6, 6.07) is 0. The summed E-state index contributed by atoms with van der Waals surface area (Å²) in [5, 5.41) is 10.6. The predicted octanol–water partition coefficient (Wildman–Crippen LogP) is 23.2. The molecule has 4 unspecified atom stereocenters. The van der Waals surface area contributed by atoms with E-state index in [-0.39, 0.29) is 25.7 Å². The zero-order valence-electron chi connectivity index (χ0n) is 64.4. The van der Waals surface area contributed by atoms with Gasteiger partial charge in [-0.05, 0) is 49.4 Å². The van der Waals surface area contributed by atoms with Crippen molar-refractivity contribution < 1.29 is 80.2 Å². The smallest absolute Gasteiger partial charge is 0.462 e. The van der Waals surface area contributed by atoms with E-state index >= 15 is 0 Å². The van der Waals surface area contributed by atoms with Crippen molar-refractivity contribution in [2.45, 2.75) is 420 Å². The molecular formula is C79H154O17P2. The predicted molar refractivity (Wildman–Crippen MR) is 400 cm³/mol. The molecule has 98 heavy (non-hydrogen) atoms. The molecule has 0 saturated heterocycles. The highest BCUT2D eigenvalue weighted by atomic mass is 31.2. The number of unbranched alkanes of at least 4 members (excludes halogenated alkanes) is 40. The lowest BCUT2D eigenvalue weighted by Crippen LogP contribution is -2.30. The van der Waals surface area contributed by atoms with Crippen LogP contribution in [0.1, 0.15) is 402 Å². The summed E-state index contributed by atoms with van der Waals surface area (Å²) in [6.07, 6.45) is 54.0. The Morgan fingerprint density at radius 2 is 0.490 bits per heavy atom. The molecule has 7 atom stereocenters. The molecule has 17 nitrogen and oxygen atoms in total. The number of aliphatic hydroxyl groups excluding tert-OH is 1. The van der Waals surface area contributed by atoms with E-state index in [1.54, 1.807) is 0 Å². The summed E-state index contributed by atoms with van der Waals surface area (Å²) in [6.45, 7) is 14.3. The van der Waals surface area contributed by atoms with Crippen molar-refractivity contribution in [3.8, 4) is 0 Å². The molecule has 0 rings (SSSR count). The lowest BCUT2D eigenvalue weighted by atomic mass is 9.99. The molecule has 0 aromatic carbocycles. The molecule has 0 radical (unpaired) electrons. The minimum absolute atomic E-state index is 0.105. The summed E-state index contributed by atoms with van der Waals surface area (Å²) >= 11 is 0. The van der Waals surface area contributed by atoms with Crippen molar-refractivity contribution in [2.75, 3.05) is 39.6 Å². The van der Waals surface area contributed by atoms with Crippen molar-refractivity contribution in [3.05, 3.63) is 0 Å². The van der Waals surface area contributed by atoms with Crippen LogP contribution < -0.4 is 0 Å². The summed E-state index contributed by atoms with van der Waals surface area (Å²) in [4.78, 5) is 73.0. The summed E-state index contributed by atoms with van der Waals surface area (Å²) in [5.41, 5.74) is 0. The molecule has 0 aliphatic rings. The number of carbonyl (C=O) groups is 4. The number of carbonyl (C=O) groups excluding carboxylic acids is 4. The van der Waals surface area contributed by atoms with Gasteiger partial charge >= 0.3 is 39.5 Å². The van der Waals surface area contributed by atoms with E-state index in [0.29, 0.717) is 25.7 Å². The first-order valence-corrected chi connectivity index (χ1v) is 43.8. The molecule has 0 aliphatic carbocycles. The molecular weight excluding hydrogens is 1280 g/mol. The lowest BCUT2D eigenvalue weighted by molar-refractivity contribution is -0.161. The van der Waals surface area contributed by atoms with Crippen molar-refractivity contribution in [2.24, 2.45) is 23.7 Å². The maximum atomic E-state index is 13.1. The second kappa shape index (κ2) is 68.2. The van der Waals surface area contributed by atoms with Crippen molar-refractivity contribution >= 4 is 39.5 Å². The topological polar surface area (TPSA) is 237 Å². The molecule has 582 valence electrons. The summed E-state index contributed by atoms with van der Waals surface area (Å²) in [5.74, 6) is 1.01. The van der Waals surface area contributed by atoms with Crippen molar-refractivity contribution in [1.29, 1.82) is 0 Å². The van der Waals surface area contributed by atoms with Crippen LogP contribution in [0.5, 0.6) is 0 Å². The van der Waals surface area contributed by atoms with Gasteiger partial charge in [-0.1, -0.05) is 351 Å². The monoisotopic (exact) mass is 1440 g/mol. The number of aliphatic hydroxyl groups is 1. The molecule has 19 heteroatoms. The lowest BCUT2D eigenvalue weighted by Gasteiger charge is -2.21. The largest absolute Gasteiger partial charge is 0.472 e. The van der Waals surface area contributed by atoms with Crippen LogP contribution in [0.2, 0.25) is 0 Å². The van der Waals surface area contributed by atoms with Crippen molar-refractivity contribution in [3.63, 3.8) is 0 Å². The zero-order valence-corrected chi connectivity index (χ0v) is 66.2. The minimum atomic E-state index is -4.96. The Labute approximate surface area is 600 Å². The fourth-order valence-corrected chi connectivity index (χ4v) is 13.6. The Bertz CT molecular complexity index is 1920. The van der Waals surface area contributed by atoms with Gasteiger partial charge in [0.2, 0.25) is 0 Å². The van der Waals surface area contributed by atoms with Gasteiger partial charge in [-0.15, -0.1) is 0 Å². The third-order valence-corrected chi connectivity index (χ3v) is 20.9. The van der Waals surface area contributed by atoms with E-state index < -0.39 is 97.5 Å². The van der Waals surface area contributed by atoms with Crippen LogP contribution in [0.25, 0.3) is 0 Å². The molecule has 0 saturated carbocycles. The quantitative estimate of drug-likeness (QED) is 0.0222. The SMILES string of the molecule is CCC(C)CCCCCCCCCCCCC(=O)O[C@H](COC(=O)CCCCCCCCC(C)CC)COP(=O)(O)OC[C@H](O)COP(=O)(O)OC[C@@H](COC(=O)CCCCCCCCCCCCCCCCC(C)C)OC(=O)CCCCCCCCCCCCCCCCC(C)C. The first-order chi connectivity index (χ1) is 47.2. The highest BCUT2D eigenvalue weighted by molar-refractivity contribution is 7.47. The molecule has 0 bridgehead atoms. The van der Waals surface area contributed by atoms with Gasteiger partial charge in [-0.2, -0.15) is 0 Å². The molecule has 0 aromatic heterocycles. The zero-order chi connectivity index (χ0) is 72.4. The van der Waals surface area contributed by atoms with Gasteiger partial charge in [0.1, 0.15) is 19.3 Å². The second-order valence-electron chi connectivity index (χ2n) is 29.9. The third kappa shape index (κ3) is 69.8. The first kappa shape index (κ1) is 96.1. The maximum absolute atomic E-state index is 13.1. The average molecular weight is 1440 g/mol. The van der Waals surface area contributed by atoms with E-state index in [2.05, 4.69) is 55.4 Å². The summed E-state index contributed by atoms with van der Waals surface area (Å²) < 4.78 is 68.7. The molecule has 0 aromatic rings. The Morgan fingerprint density at radius 1 is 0.286 bits per heavy atom. The molecule has 3 N–H and O–H groups in total. The number of phosphoric ester groups is 2. The molecule has 0 fully saturated rings. The van der Waals surface area contributed by atoms with Gasteiger partial charge in [-0.3, -0.25) is 37.3 Å². The third-order valence-electron chi connectivity index (χ3n) is 19.0. The average Bonchev–Trinajstić information content (AvgIpc) is 0.949. The second-order valence-corrected chi connectivity index (χ2v) is 32.8. The Morgan fingerprint density at radius 3 is 0.724 bits per heavy atom. The van der Waals surface area contributed by atoms with Crippen LogP contribution in [0.15, 0.2) is 0 Å². The van der Waals surface area contributed by atoms with Crippen LogP contribution in [0.4, 0.5) is 0 Å². The normalized spacial score (nSPS) is 14.6. The van der Waals surface area contributed by atoms with E-state index in [4.69, 9.17) is 37.0 Å². The molecule has 0 amide bonds. The van der Waals surface area contributed by atoms with E-state index in [9.17, 15) is 43.2 Å². The number of hydrogen-bond donors (Lipinski definition) is 3. The van der Waals surface area contributed by atoms with Gasteiger partial charge in [0.25, 0.3) is 0 Å².